The fourth-order valence-electron chi connectivity index (χ4n) is 3.80. The Balaban J connectivity index is 1.34. The third-order valence-electron chi connectivity index (χ3n) is 5.43. The highest BCUT2D eigenvalue weighted by Crippen LogP contribution is 2.23. The van der Waals surface area contributed by atoms with Crippen LogP contribution in [0.5, 0.6) is 0 Å². The Morgan fingerprint density at radius 3 is 2.83 bits per heavy atom. The minimum Gasteiger partial charge on any atom is -0.371 e. The van der Waals surface area contributed by atoms with Gasteiger partial charge in [-0.05, 0) is 55.2 Å². The molecule has 1 amide bonds. The summed E-state index contributed by atoms with van der Waals surface area (Å²) in [6.45, 7) is 4.08. The van der Waals surface area contributed by atoms with Crippen molar-refractivity contribution in [3.8, 4) is 0 Å². The molecule has 2 aromatic carbocycles. The van der Waals surface area contributed by atoms with E-state index in [1.807, 2.05) is 19.1 Å². The van der Waals surface area contributed by atoms with Crippen LogP contribution in [0.1, 0.15) is 12.0 Å². The van der Waals surface area contributed by atoms with E-state index in [0.717, 1.165) is 30.8 Å². The van der Waals surface area contributed by atoms with Crippen molar-refractivity contribution in [1.29, 1.82) is 0 Å². The van der Waals surface area contributed by atoms with Gasteiger partial charge in [-0.3, -0.25) is 14.2 Å². The largest absolute Gasteiger partial charge is 0.371 e. The van der Waals surface area contributed by atoms with Crippen molar-refractivity contribution in [3.05, 3.63) is 70.5 Å². The maximum absolute atomic E-state index is 13.1. The predicted molar refractivity (Wildman–Crippen MR) is 110 cm³/mol. The van der Waals surface area contributed by atoms with E-state index >= 15 is 0 Å². The topological polar surface area (TPSA) is 67.2 Å². The van der Waals surface area contributed by atoms with Crippen molar-refractivity contribution < 1.29 is 9.18 Å². The first-order chi connectivity index (χ1) is 14.0. The van der Waals surface area contributed by atoms with Gasteiger partial charge in [0.25, 0.3) is 5.56 Å². The number of nitrogens with zero attached hydrogens (tertiary/aromatic N) is 3. The number of amides is 1. The van der Waals surface area contributed by atoms with Crippen LogP contribution in [0.15, 0.2) is 53.6 Å². The van der Waals surface area contributed by atoms with Crippen LogP contribution in [0.25, 0.3) is 10.9 Å². The van der Waals surface area contributed by atoms with Crippen LogP contribution in [0, 0.1) is 18.7 Å². The lowest BCUT2D eigenvalue weighted by atomic mass is 10.1. The van der Waals surface area contributed by atoms with E-state index in [4.69, 9.17) is 0 Å². The number of hydrogen-bond donors (Lipinski definition) is 1. The summed E-state index contributed by atoms with van der Waals surface area (Å²) in [5.41, 5.74) is 2.38. The van der Waals surface area contributed by atoms with Gasteiger partial charge in [-0.15, -0.1) is 0 Å². The number of fused-ring (bicyclic) bond motifs is 1. The highest BCUT2D eigenvalue weighted by molar-refractivity contribution is 5.81. The zero-order chi connectivity index (χ0) is 20.4. The van der Waals surface area contributed by atoms with Crippen LogP contribution in [-0.2, 0) is 11.3 Å². The Morgan fingerprint density at radius 2 is 2.03 bits per heavy atom. The molecule has 1 unspecified atom stereocenters. The molecular formula is C22H23FN4O2. The van der Waals surface area contributed by atoms with Gasteiger partial charge in [0.1, 0.15) is 12.4 Å². The van der Waals surface area contributed by atoms with Crippen LogP contribution in [0.3, 0.4) is 0 Å². The van der Waals surface area contributed by atoms with Gasteiger partial charge in [0.15, 0.2) is 0 Å². The third kappa shape index (κ3) is 4.13. The van der Waals surface area contributed by atoms with Gasteiger partial charge in [-0.1, -0.05) is 12.1 Å². The molecule has 1 aromatic heterocycles. The number of anilines is 1. The Bertz CT molecular complexity index is 1090. The lowest BCUT2D eigenvalue weighted by Crippen LogP contribution is -2.36. The van der Waals surface area contributed by atoms with Crippen LogP contribution < -0.4 is 15.8 Å². The van der Waals surface area contributed by atoms with Gasteiger partial charge in [0.05, 0.1) is 17.2 Å². The second-order valence-electron chi connectivity index (χ2n) is 7.53. The first-order valence-electron chi connectivity index (χ1n) is 9.73. The Hall–Kier alpha value is -3.22. The summed E-state index contributed by atoms with van der Waals surface area (Å²) in [4.78, 5) is 31.5. The number of carbonyl (C=O) groups excluding carboxylic acids is 1. The molecule has 1 fully saturated rings. The number of benzene rings is 2. The molecule has 0 saturated carbocycles. The third-order valence-corrected chi connectivity index (χ3v) is 5.43. The molecule has 7 heteroatoms. The Morgan fingerprint density at radius 1 is 1.24 bits per heavy atom. The minimum absolute atomic E-state index is 0.0515. The summed E-state index contributed by atoms with van der Waals surface area (Å²) in [5.74, 6) is -0.135. The average Bonchev–Trinajstić information content (AvgIpc) is 3.19. The molecule has 4 rings (SSSR count). The van der Waals surface area contributed by atoms with Gasteiger partial charge in [0.2, 0.25) is 5.91 Å². The quantitative estimate of drug-likeness (QED) is 0.722. The van der Waals surface area contributed by atoms with E-state index < -0.39 is 0 Å². The van der Waals surface area contributed by atoms with E-state index in [1.165, 1.54) is 23.0 Å². The molecule has 1 aliphatic heterocycles. The monoisotopic (exact) mass is 394 g/mol. The minimum atomic E-state index is -0.245. The van der Waals surface area contributed by atoms with Crippen molar-refractivity contribution in [2.45, 2.75) is 19.9 Å². The lowest BCUT2D eigenvalue weighted by molar-refractivity contribution is -0.121. The molecule has 3 aromatic rings. The van der Waals surface area contributed by atoms with Crippen molar-refractivity contribution in [1.82, 2.24) is 14.9 Å². The van der Waals surface area contributed by atoms with Crippen molar-refractivity contribution >= 4 is 22.5 Å². The van der Waals surface area contributed by atoms with Gasteiger partial charge in [-0.2, -0.15) is 0 Å². The van der Waals surface area contributed by atoms with Crippen LogP contribution in [-0.4, -0.2) is 35.1 Å². The fraction of sp³-hybridized carbons (Fsp3) is 0.318. The molecule has 150 valence electrons. The number of halogens is 1. The van der Waals surface area contributed by atoms with Crippen LogP contribution >= 0.6 is 0 Å². The van der Waals surface area contributed by atoms with Crippen LogP contribution in [0.2, 0.25) is 0 Å². The van der Waals surface area contributed by atoms with Crippen molar-refractivity contribution in [3.63, 3.8) is 0 Å². The fourth-order valence-corrected chi connectivity index (χ4v) is 3.80. The number of nitrogens with one attached hydrogen (secondary N) is 1. The highest BCUT2D eigenvalue weighted by Gasteiger charge is 2.23. The molecule has 1 saturated heterocycles. The SMILES string of the molecule is Cc1cccc2c(=O)n(CC(=O)NCC3CCN(c4ccc(F)cc4)C3)cnc12. The zero-order valence-corrected chi connectivity index (χ0v) is 16.3. The molecular weight excluding hydrogens is 371 g/mol. The summed E-state index contributed by atoms with van der Waals surface area (Å²) < 4.78 is 14.4. The zero-order valence-electron chi connectivity index (χ0n) is 16.3. The molecule has 1 N–H and O–H groups in total. The number of carbonyl (C=O) groups is 1. The van der Waals surface area contributed by atoms with Gasteiger partial charge in [-0.25, -0.2) is 9.37 Å². The normalized spacial score (nSPS) is 16.3. The predicted octanol–water partition coefficient (Wildman–Crippen LogP) is 2.49. The van der Waals surface area contributed by atoms with E-state index in [-0.39, 0.29) is 23.8 Å². The molecule has 0 spiro atoms. The molecule has 6 nitrogen and oxygen atoms in total. The van der Waals surface area contributed by atoms with Crippen molar-refractivity contribution in [2.75, 3.05) is 24.5 Å². The molecule has 0 radical (unpaired) electrons. The lowest BCUT2D eigenvalue weighted by Gasteiger charge is -2.19. The number of para-hydroxylation sites is 1. The van der Waals surface area contributed by atoms with Crippen molar-refractivity contribution in [2.24, 2.45) is 5.92 Å². The average molecular weight is 394 g/mol. The molecule has 0 aliphatic carbocycles. The molecule has 29 heavy (non-hydrogen) atoms. The maximum atomic E-state index is 13.1. The van der Waals surface area contributed by atoms with Gasteiger partial charge >= 0.3 is 0 Å². The number of hydrogen-bond acceptors (Lipinski definition) is 4. The highest BCUT2D eigenvalue weighted by atomic mass is 19.1. The summed E-state index contributed by atoms with van der Waals surface area (Å²) in [6, 6.07) is 11.9. The molecule has 1 atom stereocenters. The summed E-state index contributed by atoms with van der Waals surface area (Å²) >= 11 is 0. The maximum Gasteiger partial charge on any atom is 0.261 e. The standard InChI is InChI=1S/C22H23FN4O2/c1-15-3-2-4-19-21(15)25-14-27(22(19)29)13-20(28)24-11-16-9-10-26(12-16)18-7-5-17(23)6-8-18/h2-8,14,16H,9-13H2,1H3,(H,24,28). The van der Waals surface area contributed by atoms with Crippen LogP contribution in [0.4, 0.5) is 10.1 Å². The molecule has 2 heterocycles. The first kappa shape index (κ1) is 19.1. The summed E-state index contributed by atoms with van der Waals surface area (Å²) in [7, 11) is 0. The summed E-state index contributed by atoms with van der Waals surface area (Å²) in [6.07, 6.45) is 2.39. The number of aromatic nitrogens is 2. The first-order valence-corrected chi connectivity index (χ1v) is 9.73. The summed E-state index contributed by atoms with van der Waals surface area (Å²) in [5, 5.41) is 3.45. The second kappa shape index (κ2) is 8.03. The number of rotatable bonds is 5. The Kier molecular flexibility index (Phi) is 5.29. The van der Waals surface area contributed by atoms with Gasteiger partial charge in [0, 0.05) is 25.3 Å². The van der Waals surface area contributed by atoms with E-state index in [2.05, 4.69) is 15.2 Å². The van der Waals surface area contributed by atoms with E-state index in [9.17, 15) is 14.0 Å². The van der Waals surface area contributed by atoms with E-state index in [1.54, 1.807) is 18.2 Å². The van der Waals surface area contributed by atoms with E-state index in [0.29, 0.717) is 23.4 Å². The molecule has 1 aliphatic rings. The smallest absolute Gasteiger partial charge is 0.261 e. The van der Waals surface area contributed by atoms with Gasteiger partial charge < -0.3 is 10.2 Å². The second-order valence-corrected chi connectivity index (χ2v) is 7.53. The Labute approximate surface area is 168 Å². The molecule has 0 bridgehead atoms. The number of aryl methyl sites for hydroxylation is 1.